The maximum absolute atomic E-state index is 12.1. The van der Waals surface area contributed by atoms with E-state index in [1.54, 1.807) is 0 Å². The summed E-state index contributed by atoms with van der Waals surface area (Å²) in [6.45, 7) is 5.94. The summed E-state index contributed by atoms with van der Waals surface area (Å²) in [6.07, 6.45) is 0.587. The lowest BCUT2D eigenvalue weighted by Gasteiger charge is -2.18. The van der Waals surface area contributed by atoms with Gasteiger partial charge in [0.2, 0.25) is 5.91 Å². The van der Waals surface area contributed by atoms with Crippen LogP contribution in [0.2, 0.25) is 0 Å². The Morgan fingerprint density at radius 1 is 1.35 bits per heavy atom. The minimum atomic E-state index is 0.221. The number of hydrogen-bond donors (Lipinski definition) is 0. The van der Waals surface area contributed by atoms with E-state index >= 15 is 0 Å². The van der Waals surface area contributed by atoms with Gasteiger partial charge in [0.1, 0.15) is 5.82 Å². The Balaban J connectivity index is 1.89. The predicted molar refractivity (Wildman–Crippen MR) is 79.5 cm³/mol. The number of aromatic nitrogens is 2. The highest BCUT2D eigenvalue weighted by atomic mass is 16.2. The standard InChI is InChI=1S/C16H21N3O/c1-11(2)9-19-10-12(8-15(19)20)16-17-13-6-4-5-7-14(13)18(16)3/h4-7,11-12H,8-10H2,1-3H3. The van der Waals surface area contributed by atoms with Crippen LogP contribution in [-0.4, -0.2) is 33.4 Å². The second kappa shape index (κ2) is 4.93. The van der Waals surface area contributed by atoms with Gasteiger partial charge in [-0.25, -0.2) is 4.98 Å². The first-order chi connectivity index (χ1) is 9.56. The molecule has 1 aliphatic heterocycles. The zero-order valence-electron chi connectivity index (χ0n) is 12.3. The third-order valence-electron chi connectivity index (χ3n) is 3.99. The third-order valence-corrected chi connectivity index (χ3v) is 3.99. The molecule has 0 saturated carbocycles. The van der Waals surface area contributed by atoms with Crippen molar-refractivity contribution in [3.8, 4) is 0 Å². The highest BCUT2D eigenvalue weighted by Gasteiger charge is 2.33. The van der Waals surface area contributed by atoms with E-state index in [-0.39, 0.29) is 11.8 Å². The van der Waals surface area contributed by atoms with Crippen LogP contribution in [0, 0.1) is 5.92 Å². The van der Waals surface area contributed by atoms with Crippen molar-refractivity contribution in [2.45, 2.75) is 26.2 Å². The van der Waals surface area contributed by atoms with Gasteiger partial charge in [-0.05, 0) is 18.1 Å². The number of amides is 1. The fourth-order valence-electron chi connectivity index (χ4n) is 3.09. The quantitative estimate of drug-likeness (QED) is 0.860. The molecule has 1 saturated heterocycles. The Morgan fingerprint density at radius 2 is 2.10 bits per heavy atom. The molecule has 3 rings (SSSR count). The van der Waals surface area contributed by atoms with E-state index in [9.17, 15) is 4.79 Å². The number of para-hydroxylation sites is 2. The number of aryl methyl sites for hydroxylation is 1. The van der Waals surface area contributed by atoms with Crippen LogP contribution in [0.15, 0.2) is 24.3 Å². The number of benzene rings is 1. The Kier molecular flexibility index (Phi) is 3.24. The number of carbonyl (C=O) groups excluding carboxylic acids is 1. The highest BCUT2D eigenvalue weighted by molar-refractivity contribution is 5.80. The molecular weight excluding hydrogens is 250 g/mol. The largest absolute Gasteiger partial charge is 0.342 e. The molecule has 0 spiro atoms. The molecule has 0 bridgehead atoms. The molecule has 1 aliphatic rings. The molecule has 106 valence electrons. The Labute approximate surface area is 119 Å². The van der Waals surface area contributed by atoms with E-state index in [2.05, 4.69) is 24.5 Å². The average Bonchev–Trinajstić information content (AvgIpc) is 2.92. The molecular formula is C16H21N3O. The summed E-state index contributed by atoms with van der Waals surface area (Å²) in [4.78, 5) is 18.8. The van der Waals surface area contributed by atoms with Gasteiger partial charge in [0, 0.05) is 32.5 Å². The summed E-state index contributed by atoms with van der Waals surface area (Å²) < 4.78 is 2.13. The zero-order chi connectivity index (χ0) is 14.3. The van der Waals surface area contributed by atoms with Crippen LogP contribution in [0.25, 0.3) is 11.0 Å². The maximum Gasteiger partial charge on any atom is 0.223 e. The summed E-state index contributed by atoms with van der Waals surface area (Å²) in [5.41, 5.74) is 2.15. The van der Waals surface area contributed by atoms with E-state index in [1.165, 1.54) is 0 Å². The van der Waals surface area contributed by atoms with Gasteiger partial charge in [-0.1, -0.05) is 26.0 Å². The van der Waals surface area contributed by atoms with Gasteiger partial charge in [0.25, 0.3) is 0 Å². The second-order valence-corrected chi connectivity index (χ2v) is 6.11. The SMILES string of the molecule is CC(C)CN1CC(c2nc3ccccc3n2C)CC1=O. The van der Waals surface area contributed by atoms with Crippen molar-refractivity contribution in [2.24, 2.45) is 13.0 Å². The van der Waals surface area contributed by atoms with E-state index in [0.717, 1.165) is 29.9 Å². The lowest BCUT2D eigenvalue weighted by molar-refractivity contribution is -0.128. The number of fused-ring (bicyclic) bond motifs is 1. The topological polar surface area (TPSA) is 38.1 Å². The van der Waals surface area contributed by atoms with Crippen molar-refractivity contribution in [2.75, 3.05) is 13.1 Å². The summed E-state index contributed by atoms with van der Waals surface area (Å²) in [6, 6.07) is 8.14. The van der Waals surface area contributed by atoms with Gasteiger partial charge in [-0.2, -0.15) is 0 Å². The molecule has 1 fully saturated rings. The van der Waals surface area contributed by atoms with Crippen molar-refractivity contribution in [3.05, 3.63) is 30.1 Å². The minimum Gasteiger partial charge on any atom is -0.342 e. The van der Waals surface area contributed by atoms with Crippen LogP contribution in [0.1, 0.15) is 32.0 Å². The monoisotopic (exact) mass is 271 g/mol. The Hall–Kier alpha value is -1.84. The molecule has 1 aromatic heterocycles. The molecule has 20 heavy (non-hydrogen) atoms. The molecule has 2 heterocycles. The van der Waals surface area contributed by atoms with Crippen molar-refractivity contribution in [1.82, 2.24) is 14.5 Å². The zero-order valence-corrected chi connectivity index (χ0v) is 12.3. The molecule has 0 radical (unpaired) electrons. The van der Waals surface area contributed by atoms with Gasteiger partial charge in [-0.3, -0.25) is 4.79 Å². The molecule has 1 unspecified atom stereocenters. The average molecular weight is 271 g/mol. The first kappa shape index (κ1) is 13.2. The fraction of sp³-hybridized carbons (Fsp3) is 0.500. The van der Waals surface area contributed by atoms with Gasteiger partial charge in [-0.15, -0.1) is 0 Å². The maximum atomic E-state index is 12.1. The van der Waals surface area contributed by atoms with Crippen molar-refractivity contribution in [3.63, 3.8) is 0 Å². The molecule has 1 atom stereocenters. The highest BCUT2D eigenvalue weighted by Crippen LogP contribution is 2.29. The minimum absolute atomic E-state index is 0.221. The third kappa shape index (κ3) is 2.19. The van der Waals surface area contributed by atoms with Crippen LogP contribution in [-0.2, 0) is 11.8 Å². The number of imidazole rings is 1. The molecule has 0 aliphatic carbocycles. The van der Waals surface area contributed by atoms with Crippen LogP contribution >= 0.6 is 0 Å². The molecule has 1 aromatic carbocycles. The van der Waals surface area contributed by atoms with Crippen molar-refractivity contribution >= 4 is 16.9 Å². The number of likely N-dealkylation sites (tertiary alicyclic amines) is 1. The lowest BCUT2D eigenvalue weighted by Crippen LogP contribution is -2.29. The first-order valence-corrected chi connectivity index (χ1v) is 7.25. The summed E-state index contributed by atoms with van der Waals surface area (Å²) in [5.74, 6) is 2.03. The predicted octanol–water partition coefficient (Wildman–Crippen LogP) is 2.55. The van der Waals surface area contributed by atoms with Gasteiger partial charge >= 0.3 is 0 Å². The van der Waals surface area contributed by atoms with Crippen LogP contribution < -0.4 is 0 Å². The number of carbonyl (C=O) groups is 1. The van der Waals surface area contributed by atoms with E-state index in [4.69, 9.17) is 4.98 Å². The summed E-state index contributed by atoms with van der Waals surface area (Å²) >= 11 is 0. The van der Waals surface area contributed by atoms with Crippen molar-refractivity contribution in [1.29, 1.82) is 0 Å². The molecule has 0 N–H and O–H groups in total. The summed E-state index contributed by atoms with van der Waals surface area (Å²) in [7, 11) is 2.04. The Morgan fingerprint density at radius 3 is 2.80 bits per heavy atom. The van der Waals surface area contributed by atoms with Gasteiger partial charge in [0.05, 0.1) is 11.0 Å². The van der Waals surface area contributed by atoms with Crippen LogP contribution in [0.3, 0.4) is 0 Å². The first-order valence-electron chi connectivity index (χ1n) is 7.25. The number of nitrogens with zero attached hydrogens (tertiary/aromatic N) is 3. The van der Waals surface area contributed by atoms with Crippen LogP contribution in [0.5, 0.6) is 0 Å². The lowest BCUT2D eigenvalue weighted by atomic mass is 10.1. The summed E-state index contributed by atoms with van der Waals surface area (Å²) in [5, 5.41) is 0. The van der Waals surface area contributed by atoms with E-state index in [1.807, 2.05) is 30.1 Å². The van der Waals surface area contributed by atoms with E-state index in [0.29, 0.717) is 12.3 Å². The fourth-order valence-corrected chi connectivity index (χ4v) is 3.09. The molecule has 4 heteroatoms. The van der Waals surface area contributed by atoms with E-state index < -0.39 is 0 Å². The van der Waals surface area contributed by atoms with Crippen LogP contribution in [0.4, 0.5) is 0 Å². The van der Waals surface area contributed by atoms with Crippen molar-refractivity contribution < 1.29 is 4.79 Å². The Bertz CT molecular complexity index is 644. The molecule has 2 aromatic rings. The molecule has 1 amide bonds. The number of rotatable bonds is 3. The van der Waals surface area contributed by atoms with Gasteiger partial charge < -0.3 is 9.47 Å². The normalized spacial score (nSPS) is 19.5. The second-order valence-electron chi connectivity index (χ2n) is 6.11. The molecule has 4 nitrogen and oxygen atoms in total. The number of hydrogen-bond acceptors (Lipinski definition) is 2. The smallest absolute Gasteiger partial charge is 0.223 e. The van der Waals surface area contributed by atoms with Gasteiger partial charge in [0.15, 0.2) is 0 Å².